The van der Waals surface area contributed by atoms with Gasteiger partial charge in [0.2, 0.25) is 0 Å². The van der Waals surface area contributed by atoms with E-state index >= 15 is 0 Å². The van der Waals surface area contributed by atoms with Gasteiger partial charge in [-0.3, -0.25) is 0 Å². The van der Waals surface area contributed by atoms with Crippen molar-refractivity contribution in [2.45, 2.75) is 132 Å². The van der Waals surface area contributed by atoms with Gasteiger partial charge in [0.05, 0.1) is 7.85 Å². The van der Waals surface area contributed by atoms with Crippen LogP contribution in [-0.2, 0) is 4.79 Å². The molecule has 35 heavy (non-hydrogen) atoms. The minimum atomic E-state index is 0.385. The van der Waals surface area contributed by atoms with Crippen molar-refractivity contribution in [2.24, 2.45) is 58.2 Å². The molecule has 2 radical (unpaired) electrons. The molecular weight excluding hydrogens is 423 g/mol. The molecule has 4 aliphatic carbocycles. The van der Waals surface area contributed by atoms with Gasteiger partial charge in [-0.05, 0) is 123 Å². The molecule has 0 saturated heterocycles. The van der Waals surface area contributed by atoms with Crippen molar-refractivity contribution >= 4 is 13.6 Å². The summed E-state index contributed by atoms with van der Waals surface area (Å²) < 4.78 is 0. The Morgan fingerprint density at radius 3 is 2.37 bits per heavy atom. The van der Waals surface area contributed by atoms with Gasteiger partial charge in [-0.15, -0.1) is 0 Å². The van der Waals surface area contributed by atoms with Gasteiger partial charge in [-0.1, -0.05) is 72.9 Å². The second-order valence-electron chi connectivity index (χ2n) is 14.0. The first-order valence-electron chi connectivity index (χ1n) is 15.4. The molecule has 0 heterocycles. The molecular formula is C33H57BO. The average Bonchev–Trinajstić information content (AvgIpc) is 3.17. The van der Waals surface area contributed by atoms with Crippen molar-refractivity contribution in [3.63, 3.8) is 0 Å². The van der Waals surface area contributed by atoms with E-state index in [9.17, 15) is 4.79 Å². The Bertz CT molecular complexity index is 739. The summed E-state index contributed by atoms with van der Waals surface area (Å²) in [5.74, 6) is 7.33. The van der Waals surface area contributed by atoms with Crippen LogP contribution in [0.4, 0.5) is 0 Å². The highest BCUT2D eigenvalue weighted by molar-refractivity contribution is 6.05. The van der Waals surface area contributed by atoms with Crippen LogP contribution < -0.4 is 0 Å². The molecule has 0 spiro atoms. The second-order valence-corrected chi connectivity index (χ2v) is 14.0. The zero-order valence-electron chi connectivity index (χ0n) is 24.7. The van der Waals surface area contributed by atoms with Gasteiger partial charge in [0.1, 0.15) is 5.78 Å². The Kier molecular flexibility index (Phi) is 9.87. The number of hydrogen-bond donors (Lipinski definition) is 0. The van der Waals surface area contributed by atoms with Gasteiger partial charge in [0, 0.05) is 6.42 Å². The third-order valence-corrected chi connectivity index (χ3v) is 12.0. The molecule has 4 rings (SSSR count). The van der Waals surface area contributed by atoms with Gasteiger partial charge in [0.25, 0.3) is 0 Å². The lowest BCUT2D eigenvalue weighted by atomic mass is 9.46. The molecule has 1 nitrogen and oxygen atoms in total. The van der Waals surface area contributed by atoms with E-state index < -0.39 is 0 Å². The molecule has 198 valence electrons. The molecule has 0 bridgehead atoms. The fourth-order valence-electron chi connectivity index (χ4n) is 9.98. The molecule has 9 atom stereocenters. The lowest BCUT2D eigenvalue weighted by Crippen LogP contribution is -2.50. The smallest absolute Gasteiger partial charge is 0.130 e. The van der Waals surface area contributed by atoms with Crippen LogP contribution in [-0.4, -0.2) is 13.6 Å². The second kappa shape index (κ2) is 11.9. The van der Waals surface area contributed by atoms with Gasteiger partial charge in [-0.2, -0.15) is 0 Å². The quantitative estimate of drug-likeness (QED) is 0.250. The van der Waals surface area contributed by atoms with E-state index in [0.717, 1.165) is 47.8 Å². The zero-order chi connectivity index (χ0) is 26.0. The summed E-state index contributed by atoms with van der Waals surface area (Å²) in [5.41, 5.74) is 2.74. The van der Waals surface area contributed by atoms with Crippen molar-refractivity contribution in [3.8, 4) is 0 Å². The summed E-state index contributed by atoms with van der Waals surface area (Å²) in [7, 11) is 4.50. The number of fused-ring (bicyclic) bond motifs is 5. The third kappa shape index (κ3) is 5.67. The van der Waals surface area contributed by atoms with Gasteiger partial charge in [0.15, 0.2) is 0 Å². The summed E-state index contributed by atoms with van der Waals surface area (Å²) in [6.45, 7) is 18.5. The summed E-state index contributed by atoms with van der Waals surface area (Å²) in [4.78, 5) is 11.7. The molecule has 0 aromatic carbocycles. The van der Waals surface area contributed by atoms with Crippen LogP contribution in [0.2, 0.25) is 6.82 Å². The number of rotatable bonds is 8. The molecule has 3 fully saturated rings. The van der Waals surface area contributed by atoms with E-state index in [1.54, 1.807) is 12.5 Å². The van der Waals surface area contributed by atoms with E-state index in [4.69, 9.17) is 0 Å². The monoisotopic (exact) mass is 480 g/mol. The average molecular weight is 481 g/mol. The Morgan fingerprint density at radius 1 is 1.03 bits per heavy atom. The van der Waals surface area contributed by atoms with Crippen LogP contribution >= 0.6 is 0 Å². The Balaban J connectivity index is 0.00000167. The summed E-state index contributed by atoms with van der Waals surface area (Å²) in [6, 6.07) is 0. The number of carbonyl (C=O) groups excluding carboxylic acids is 1. The predicted octanol–water partition coefficient (Wildman–Crippen LogP) is 9.46. The Morgan fingerprint density at radius 2 is 1.74 bits per heavy atom. The maximum Gasteiger partial charge on any atom is 0.130 e. The predicted molar refractivity (Wildman–Crippen MR) is 153 cm³/mol. The summed E-state index contributed by atoms with van der Waals surface area (Å²) in [5, 5.41) is 0. The molecule has 9 unspecified atom stereocenters. The highest BCUT2D eigenvalue weighted by Crippen LogP contribution is 2.67. The first-order valence-corrected chi connectivity index (χ1v) is 15.4. The first kappa shape index (κ1) is 29.0. The van der Waals surface area contributed by atoms with Crippen LogP contribution in [0.15, 0.2) is 11.6 Å². The Labute approximate surface area is 220 Å². The topological polar surface area (TPSA) is 17.1 Å². The lowest BCUT2D eigenvalue weighted by molar-refractivity contribution is -0.118. The van der Waals surface area contributed by atoms with Crippen molar-refractivity contribution in [2.75, 3.05) is 0 Å². The van der Waals surface area contributed by atoms with E-state index in [-0.39, 0.29) is 0 Å². The third-order valence-electron chi connectivity index (χ3n) is 12.0. The molecule has 0 aromatic heterocycles. The molecule has 3 saturated carbocycles. The van der Waals surface area contributed by atoms with Crippen LogP contribution in [0.5, 0.6) is 0 Å². The number of carbonyl (C=O) groups is 1. The van der Waals surface area contributed by atoms with Crippen LogP contribution in [0.25, 0.3) is 0 Å². The van der Waals surface area contributed by atoms with Gasteiger partial charge < -0.3 is 4.79 Å². The van der Waals surface area contributed by atoms with Crippen molar-refractivity contribution in [3.05, 3.63) is 11.6 Å². The van der Waals surface area contributed by atoms with E-state index in [1.165, 1.54) is 77.5 Å². The maximum atomic E-state index is 11.7. The first-order chi connectivity index (χ1) is 16.6. The van der Waals surface area contributed by atoms with Gasteiger partial charge >= 0.3 is 0 Å². The fraction of sp³-hybridized carbons (Fsp3) is 0.909. The van der Waals surface area contributed by atoms with Crippen LogP contribution in [0.3, 0.4) is 0 Å². The number of Topliss-reactive ketones (excluding diaryl/α,β-unsaturated/α-hetero) is 1. The molecule has 0 amide bonds. The fourth-order valence-corrected chi connectivity index (χ4v) is 9.98. The van der Waals surface area contributed by atoms with E-state index in [0.29, 0.717) is 22.5 Å². The van der Waals surface area contributed by atoms with Crippen molar-refractivity contribution in [1.82, 2.24) is 0 Å². The van der Waals surface area contributed by atoms with E-state index in [1.807, 2.05) is 0 Å². The largest absolute Gasteiger partial charge is 0.300 e. The standard InChI is InChI=1S/C32H54O.CH3B/c1-8-25(21(2)3)10-9-22(4)28-13-14-29-27-12-11-26-20-24(19-23(5)33)15-17-31(26,6)30(27)16-18-32(28,29)7;1-2/h11,21-22,24-25,27-30H,8-10,12-20H2,1-7H3;1H3. The number of allylic oxidation sites excluding steroid dienone is 2. The minimum absolute atomic E-state index is 0.385. The minimum Gasteiger partial charge on any atom is -0.300 e. The maximum absolute atomic E-state index is 11.7. The van der Waals surface area contributed by atoms with E-state index in [2.05, 4.69) is 55.5 Å². The van der Waals surface area contributed by atoms with Crippen LogP contribution in [0.1, 0.15) is 126 Å². The summed E-state index contributed by atoms with van der Waals surface area (Å²) >= 11 is 0. The lowest BCUT2D eigenvalue weighted by Gasteiger charge is -2.58. The number of ketones is 1. The SMILES string of the molecule is CCC(CCC(C)C1CCC2C3CC=C4CC(CC(C)=O)CCC4(C)C3CCC12C)C(C)C.[B]C. The van der Waals surface area contributed by atoms with Crippen LogP contribution in [0, 0.1) is 58.2 Å². The van der Waals surface area contributed by atoms with Crippen molar-refractivity contribution in [1.29, 1.82) is 0 Å². The molecule has 0 N–H and O–H groups in total. The summed E-state index contributed by atoms with van der Waals surface area (Å²) in [6.07, 6.45) is 18.7. The van der Waals surface area contributed by atoms with Gasteiger partial charge in [-0.25, -0.2) is 0 Å². The van der Waals surface area contributed by atoms with Crippen molar-refractivity contribution < 1.29 is 4.79 Å². The highest BCUT2D eigenvalue weighted by atomic mass is 16.1. The molecule has 0 aliphatic heterocycles. The Hall–Kier alpha value is -0.525. The normalized spacial score (nSPS) is 39.9. The molecule has 4 aliphatic rings. The highest BCUT2D eigenvalue weighted by Gasteiger charge is 2.59. The zero-order valence-corrected chi connectivity index (χ0v) is 24.7. The number of hydrogen-bond acceptors (Lipinski definition) is 1. The molecule has 2 heteroatoms. The molecule has 0 aromatic rings.